The highest BCUT2D eigenvalue weighted by atomic mass is 79.9. The highest BCUT2D eigenvalue weighted by Crippen LogP contribution is 2.45. The van der Waals surface area contributed by atoms with E-state index in [1.807, 2.05) is 0 Å². The van der Waals surface area contributed by atoms with Crippen LogP contribution in [-0.2, 0) is 32.8 Å². The number of carbonyl (C=O) groups is 2. The summed E-state index contributed by atoms with van der Waals surface area (Å²) in [5, 5.41) is 52.2. The number of oxime groups is 2. The van der Waals surface area contributed by atoms with E-state index in [4.69, 9.17) is 13.7 Å². The second kappa shape index (κ2) is 18.0. The standard InChI is InChI=1S/C34H26Br4N4O12S/c35-20-9-16-2-4-26(20)52-27-12-17(1-3-25(27)43)6-8-40-34(46)29(42-48)30(44)19-14-22(37)31(23(38)15-19)53-28-13-18(10-21(36)32(28)54-55(49,50)51)11-24(41-47)33(45)39-7-5-16/h1-5,7,9-10,12-15,30,43-44,47-48H,6,8,11H2,(H,39,45)(H,40,46)(H,49,50,51)/b7-5+,41-24+,42-29+. The van der Waals surface area contributed by atoms with Gasteiger partial charge >= 0.3 is 10.4 Å². The fraction of sp³-hybridized carbons (Fsp3) is 0.118. The zero-order valence-electron chi connectivity index (χ0n) is 27.5. The van der Waals surface area contributed by atoms with Crippen LogP contribution in [-0.4, -0.2) is 63.4 Å². The molecule has 4 aromatic rings. The van der Waals surface area contributed by atoms with Crippen molar-refractivity contribution >= 4 is 103 Å². The van der Waals surface area contributed by atoms with E-state index in [2.05, 4.69) is 84.7 Å². The molecule has 4 aliphatic heterocycles. The average Bonchev–Trinajstić information content (AvgIpc) is 3.11. The number of aromatic hydroxyl groups is 1. The van der Waals surface area contributed by atoms with Crippen molar-refractivity contribution in [2.24, 2.45) is 10.3 Å². The van der Waals surface area contributed by atoms with Crippen LogP contribution >= 0.6 is 63.7 Å². The molecule has 21 heteroatoms. The Morgan fingerprint density at radius 1 is 0.800 bits per heavy atom. The molecule has 0 saturated heterocycles. The van der Waals surface area contributed by atoms with Gasteiger partial charge in [0.25, 0.3) is 11.8 Å². The number of rotatable bonds is 2. The minimum atomic E-state index is -5.08. The number of nitrogens with zero attached hydrogens (tertiary/aromatic N) is 2. The number of phenols is 1. The van der Waals surface area contributed by atoms with Gasteiger partial charge in [-0.05, 0) is 147 Å². The Hall–Kier alpha value is -4.51. The van der Waals surface area contributed by atoms with Crippen LogP contribution < -0.4 is 24.3 Å². The summed E-state index contributed by atoms with van der Waals surface area (Å²) in [6, 6.07) is 14.8. The fourth-order valence-electron chi connectivity index (χ4n) is 4.99. The molecule has 1 unspecified atom stereocenters. The van der Waals surface area contributed by atoms with Crippen molar-refractivity contribution in [1.29, 1.82) is 0 Å². The molecule has 0 aromatic heterocycles. The molecule has 0 radical (unpaired) electrons. The van der Waals surface area contributed by atoms with E-state index in [1.54, 1.807) is 36.4 Å². The van der Waals surface area contributed by atoms with E-state index in [9.17, 15) is 43.2 Å². The van der Waals surface area contributed by atoms with Gasteiger partial charge in [-0.2, -0.15) is 8.42 Å². The van der Waals surface area contributed by atoms with Gasteiger partial charge in [-0.1, -0.05) is 22.4 Å². The molecule has 16 nitrogen and oxygen atoms in total. The maximum Gasteiger partial charge on any atom is 0.446 e. The van der Waals surface area contributed by atoms with Crippen molar-refractivity contribution in [2.45, 2.75) is 18.9 Å². The number of hydrogen-bond acceptors (Lipinski definition) is 13. The lowest BCUT2D eigenvalue weighted by molar-refractivity contribution is -0.115. The lowest BCUT2D eigenvalue weighted by atomic mass is 10.0. The van der Waals surface area contributed by atoms with Crippen molar-refractivity contribution in [1.82, 2.24) is 10.6 Å². The summed E-state index contributed by atoms with van der Waals surface area (Å²) >= 11 is 13.3. The van der Waals surface area contributed by atoms with Gasteiger partial charge in [-0.15, -0.1) is 0 Å². The minimum Gasteiger partial charge on any atom is -0.504 e. The lowest BCUT2D eigenvalue weighted by Crippen LogP contribution is -2.36. The zero-order chi connectivity index (χ0) is 40.0. The van der Waals surface area contributed by atoms with Gasteiger partial charge in [0.2, 0.25) is 5.75 Å². The molecule has 4 aliphatic rings. The Labute approximate surface area is 346 Å². The first kappa shape index (κ1) is 41.6. The molecule has 0 fully saturated rings. The van der Waals surface area contributed by atoms with E-state index in [0.29, 0.717) is 21.3 Å². The topological polar surface area (TPSA) is 246 Å². The summed E-state index contributed by atoms with van der Waals surface area (Å²) in [7, 11) is -5.08. The van der Waals surface area contributed by atoms with Crippen LogP contribution in [0.1, 0.15) is 28.4 Å². The van der Waals surface area contributed by atoms with E-state index in [1.165, 1.54) is 36.5 Å². The lowest BCUT2D eigenvalue weighted by Gasteiger charge is -2.18. The van der Waals surface area contributed by atoms with Crippen LogP contribution in [0.5, 0.6) is 34.5 Å². The molecule has 0 saturated carbocycles. The number of ether oxygens (including phenoxy) is 2. The summed E-state index contributed by atoms with van der Waals surface area (Å²) < 4.78 is 50.5. The SMILES string of the molecule is O=C1N/C=C/c2ccc(c(Br)c2)Oc2cc(ccc2O)CCNC(=O)/C(=N/O)C(O)c2cc(Br)c(c(Br)c2)Oc2cc(cc(Br)c2OS(=O)(=O)O)C/C1=N\O. The minimum absolute atomic E-state index is 0.0175. The Morgan fingerprint density at radius 3 is 2.16 bits per heavy atom. The van der Waals surface area contributed by atoms with Gasteiger partial charge < -0.3 is 44.9 Å². The first-order valence-electron chi connectivity index (χ1n) is 15.4. The number of benzene rings is 4. The molecular formula is C34H26Br4N4O12S. The maximum atomic E-state index is 13.0. The largest absolute Gasteiger partial charge is 0.504 e. The first-order valence-corrected chi connectivity index (χ1v) is 19.9. The molecule has 0 aliphatic carbocycles. The summed E-state index contributed by atoms with van der Waals surface area (Å²) in [6.45, 7) is 0.0322. The van der Waals surface area contributed by atoms with Gasteiger partial charge in [0.15, 0.2) is 28.7 Å². The summed E-state index contributed by atoms with van der Waals surface area (Å²) in [5.74, 6) is -2.19. The summed E-state index contributed by atoms with van der Waals surface area (Å²) in [4.78, 5) is 26.1. The van der Waals surface area contributed by atoms with Crippen molar-refractivity contribution in [3.63, 3.8) is 0 Å². The molecule has 8 rings (SSSR count). The van der Waals surface area contributed by atoms with Crippen LogP contribution in [0.3, 0.4) is 0 Å². The van der Waals surface area contributed by atoms with E-state index in [-0.39, 0.29) is 72.6 Å². The number of aliphatic hydroxyl groups excluding tert-OH is 1. The van der Waals surface area contributed by atoms with E-state index < -0.39 is 39.8 Å². The normalized spacial score (nSPS) is 17.7. The number of phenolic OH excluding ortho intramolecular Hbond substituents is 1. The number of nitrogens with one attached hydrogen (secondary N) is 2. The predicted octanol–water partition coefficient (Wildman–Crippen LogP) is 6.90. The molecule has 0 spiro atoms. The number of aliphatic hydroxyl groups is 1. The van der Waals surface area contributed by atoms with Crippen LogP contribution in [0.15, 0.2) is 95.1 Å². The second-order valence-corrected chi connectivity index (χ2v) is 15.8. The van der Waals surface area contributed by atoms with Crippen molar-refractivity contribution in [3.05, 3.63) is 107 Å². The van der Waals surface area contributed by atoms with Gasteiger partial charge in [0.05, 0.1) is 17.9 Å². The van der Waals surface area contributed by atoms with Gasteiger partial charge in [0.1, 0.15) is 17.6 Å². The third-order valence-corrected chi connectivity index (χ3v) is 10.3. The molecule has 8 bridgehead atoms. The first-order chi connectivity index (χ1) is 26.1. The molecule has 4 heterocycles. The highest BCUT2D eigenvalue weighted by molar-refractivity contribution is 9.11. The molecule has 55 heavy (non-hydrogen) atoms. The number of halogens is 4. The van der Waals surface area contributed by atoms with Gasteiger partial charge in [-0.3, -0.25) is 14.1 Å². The Kier molecular flexibility index (Phi) is 13.6. The predicted molar refractivity (Wildman–Crippen MR) is 212 cm³/mol. The molecule has 4 aromatic carbocycles. The van der Waals surface area contributed by atoms with Gasteiger partial charge in [-0.25, -0.2) is 0 Å². The Balaban J connectivity index is 1.56. The van der Waals surface area contributed by atoms with Crippen LogP contribution in [0.25, 0.3) is 6.08 Å². The van der Waals surface area contributed by atoms with Crippen molar-refractivity contribution in [3.8, 4) is 34.5 Å². The second-order valence-electron chi connectivity index (χ2n) is 11.3. The van der Waals surface area contributed by atoms with Crippen molar-refractivity contribution < 1.29 is 56.8 Å². The molecule has 288 valence electrons. The molecular weight excluding hydrogens is 1010 g/mol. The summed E-state index contributed by atoms with van der Waals surface area (Å²) in [6.07, 6.45) is 1.05. The van der Waals surface area contributed by atoms with Crippen LogP contribution in [0, 0.1) is 0 Å². The third kappa shape index (κ3) is 10.6. The molecule has 2 amide bonds. The quantitative estimate of drug-likeness (QED) is 0.0616. The highest BCUT2D eigenvalue weighted by Gasteiger charge is 2.27. The molecule has 1 atom stereocenters. The average molecular weight is 1030 g/mol. The van der Waals surface area contributed by atoms with Gasteiger partial charge in [0, 0.05) is 19.2 Å². The number of hydrogen-bond donors (Lipinski definition) is 7. The van der Waals surface area contributed by atoms with E-state index in [0.717, 1.165) is 0 Å². The van der Waals surface area contributed by atoms with Crippen molar-refractivity contribution in [2.75, 3.05) is 6.54 Å². The fourth-order valence-corrected chi connectivity index (χ4v) is 7.91. The monoisotopic (exact) mass is 1030 g/mol. The van der Waals surface area contributed by atoms with Crippen LogP contribution in [0.4, 0.5) is 0 Å². The van der Waals surface area contributed by atoms with Crippen LogP contribution in [0.2, 0.25) is 0 Å². The Bertz CT molecular complexity index is 2350. The Morgan fingerprint density at radius 2 is 1.51 bits per heavy atom. The summed E-state index contributed by atoms with van der Waals surface area (Å²) in [5.41, 5.74) is 0.559. The maximum absolute atomic E-state index is 13.0. The zero-order valence-corrected chi connectivity index (χ0v) is 34.7. The third-order valence-electron chi connectivity index (χ3n) is 7.55. The van der Waals surface area contributed by atoms with E-state index >= 15 is 0 Å². The molecule has 7 N–H and O–H groups in total. The number of amides is 2. The smallest absolute Gasteiger partial charge is 0.446 e. The number of carbonyl (C=O) groups excluding carboxylic acids is 2.